The van der Waals surface area contributed by atoms with Gasteiger partial charge >= 0.3 is 0 Å². The third-order valence-electron chi connectivity index (χ3n) is 3.75. The molecule has 1 N–H and O–H groups in total. The summed E-state index contributed by atoms with van der Waals surface area (Å²) in [5.41, 5.74) is -0.658. The van der Waals surface area contributed by atoms with Crippen molar-refractivity contribution in [1.82, 2.24) is 10.2 Å². The highest BCUT2D eigenvalue weighted by atomic mass is 35.5. The molecule has 0 radical (unpaired) electrons. The number of nitrogens with one attached hydrogen (secondary N) is 1. The number of halogens is 5. The van der Waals surface area contributed by atoms with E-state index >= 15 is 0 Å². The van der Waals surface area contributed by atoms with Crippen molar-refractivity contribution in [2.24, 2.45) is 0 Å². The van der Waals surface area contributed by atoms with Crippen LogP contribution in [-0.2, 0) is 0 Å². The average molecular weight is 351 g/mol. The van der Waals surface area contributed by atoms with Gasteiger partial charge in [-0.05, 0) is 12.1 Å². The number of benzene rings is 1. The zero-order valence-corrected chi connectivity index (χ0v) is 12.8. The largest absolute Gasteiger partial charge is 0.467 e. The third kappa shape index (κ3) is 3.36. The highest BCUT2D eigenvalue weighted by Gasteiger charge is 2.33. The van der Waals surface area contributed by atoms with Gasteiger partial charge in [-0.3, -0.25) is 4.90 Å². The van der Waals surface area contributed by atoms with Crippen LogP contribution in [0, 0.1) is 23.3 Å². The maximum Gasteiger partial charge on any atom is 0.167 e. The Balaban J connectivity index is 0.00000192. The van der Waals surface area contributed by atoms with Crippen LogP contribution in [0.4, 0.5) is 17.6 Å². The molecular formula is C15H15ClF4N2O. The summed E-state index contributed by atoms with van der Waals surface area (Å²) in [7, 11) is 0. The van der Waals surface area contributed by atoms with E-state index in [0.29, 0.717) is 26.2 Å². The van der Waals surface area contributed by atoms with Gasteiger partial charge in [-0.15, -0.1) is 12.4 Å². The van der Waals surface area contributed by atoms with Gasteiger partial charge in [-0.1, -0.05) is 0 Å². The molecule has 0 saturated carbocycles. The molecule has 3 nitrogen and oxygen atoms in total. The lowest BCUT2D eigenvalue weighted by atomic mass is 10.00. The maximum absolute atomic E-state index is 14.2. The van der Waals surface area contributed by atoms with Crippen LogP contribution >= 0.6 is 12.4 Å². The van der Waals surface area contributed by atoms with Gasteiger partial charge in [-0.25, -0.2) is 17.6 Å². The minimum Gasteiger partial charge on any atom is -0.467 e. The van der Waals surface area contributed by atoms with Crippen LogP contribution in [0.3, 0.4) is 0 Å². The molecule has 1 atom stereocenters. The van der Waals surface area contributed by atoms with Crippen molar-refractivity contribution in [3.8, 4) is 0 Å². The van der Waals surface area contributed by atoms with Crippen molar-refractivity contribution in [2.75, 3.05) is 26.2 Å². The molecule has 1 fully saturated rings. The fourth-order valence-electron chi connectivity index (χ4n) is 2.72. The van der Waals surface area contributed by atoms with Crippen molar-refractivity contribution in [3.63, 3.8) is 0 Å². The zero-order valence-electron chi connectivity index (χ0n) is 12.0. The Morgan fingerprint density at radius 3 is 2.17 bits per heavy atom. The lowest BCUT2D eigenvalue weighted by Gasteiger charge is -2.34. The van der Waals surface area contributed by atoms with Crippen LogP contribution in [0.2, 0.25) is 0 Å². The summed E-state index contributed by atoms with van der Waals surface area (Å²) >= 11 is 0. The fourth-order valence-corrected chi connectivity index (χ4v) is 2.72. The summed E-state index contributed by atoms with van der Waals surface area (Å²) in [6, 6.07) is 2.30. The first-order valence-electron chi connectivity index (χ1n) is 6.90. The van der Waals surface area contributed by atoms with E-state index in [4.69, 9.17) is 4.42 Å². The minimum absolute atomic E-state index is 0. The van der Waals surface area contributed by atoms with E-state index in [1.54, 1.807) is 11.0 Å². The first-order chi connectivity index (χ1) is 10.6. The van der Waals surface area contributed by atoms with Crippen LogP contribution in [0.25, 0.3) is 0 Å². The average Bonchev–Trinajstić information content (AvgIpc) is 3.04. The summed E-state index contributed by atoms with van der Waals surface area (Å²) < 4.78 is 60.7. The first-order valence-corrected chi connectivity index (χ1v) is 6.90. The van der Waals surface area contributed by atoms with E-state index in [1.807, 2.05) is 0 Å². The summed E-state index contributed by atoms with van der Waals surface area (Å²) in [6.45, 7) is 2.17. The zero-order chi connectivity index (χ0) is 15.7. The third-order valence-corrected chi connectivity index (χ3v) is 3.75. The molecule has 126 valence electrons. The Morgan fingerprint density at radius 2 is 1.65 bits per heavy atom. The molecule has 1 aliphatic heterocycles. The molecule has 1 aliphatic rings. The fraction of sp³-hybridized carbons (Fsp3) is 0.333. The van der Waals surface area contributed by atoms with Crippen molar-refractivity contribution in [2.45, 2.75) is 6.04 Å². The Bertz CT molecular complexity index is 634. The number of furan rings is 1. The molecule has 0 aliphatic carbocycles. The Hall–Kier alpha value is -1.57. The quantitative estimate of drug-likeness (QED) is 0.680. The molecule has 23 heavy (non-hydrogen) atoms. The number of rotatable bonds is 3. The molecule has 2 aromatic rings. The maximum atomic E-state index is 14.2. The van der Waals surface area contributed by atoms with Gasteiger partial charge in [0.1, 0.15) is 5.76 Å². The number of hydrogen-bond donors (Lipinski definition) is 1. The Labute approximate surface area is 136 Å². The summed E-state index contributed by atoms with van der Waals surface area (Å²) in [5.74, 6) is -5.37. The lowest BCUT2D eigenvalue weighted by Crippen LogP contribution is -2.45. The second kappa shape index (κ2) is 7.33. The normalized spacial score (nSPS) is 16.9. The van der Waals surface area contributed by atoms with Crippen molar-refractivity contribution in [1.29, 1.82) is 0 Å². The predicted octanol–water partition coefficient (Wildman–Crippen LogP) is 3.25. The van der Waals surface area contributed by atoms with Gasteiger partial charge in [0.15, 0.2) is 23.3 Å². The molecule has 8 heteroatoms. The van der Waals surface area contributed by atoms with Crippen LogP contribution < -0.4 is 5.32 Å². The van der Waals surface area contributed by atoms with E-state index in [1.165, 1.54) is 12.3 Å². The van der Waals surface area contributed by atoms with Crippen molar-refractivity contribution in [3.05, 3.63) is 59.1 Å². The molecule has 1 aromatic carbocycles. The van der Waals surface area contributed by atoms with E-state index in [9.17, 15) is 17.6 Å². The van der Waals surface area contributed by atoms with E-state index in [-0.39, 0.29) is 24.2 Å². The van der Waals surface area contributed by atoms with Gasteiger partial charge in [0, 0.05) is 32.2 Å². The summed E-state index contributed by atoms with van der Waals surface area (Å²) in [4.78, 5) is 1.73. The van der Waals surface area contributed by atoms with E-state index in [2.05, 4.69) is 5.32 Å². The number of nitrogens with zero attached hydrogens (tertiary/aromatic N) is 1. The Morgan fingerprint density at radius 1 is 1.04 bits per heavy atom. The standard InChI is InChI=1S/C15H14F4N2O.ClH/c16-9-8-10(17)14(19)12(13(9)18)15(11-2-1-7-22-11)21-5-3-20-4-6-21;/h1-2,7-8,15,20H,3-6H2;1H/t15-;/m1./s1. The highest BCUT2D eigenvalue weighted by molar-refractivity contribution is 5.85. The minimum atomic E-state index is -1.42. The summed E-state index contributed by atoms with van der Waals surface area (Å²) in [6.07, 6.45) is 1.36. The predicted molar refractivity (Wildman–Crippen MR) is 78.5 cm³/mol. The smallest absolute Gasteiger partial charge is 0.167 e. The van der Waals surface area contributed by atoms with E-state index in [0.717, 1.165) is 0 Å². The molecule has 0 unspecified atom stereocenters. The number of piperazine rings is 1. The Kier molecular flexibility index (Phi) is 5.67. The SMILES string of the molecule is Cl.Fc1cc(F)c(F)c([C@@H](c2ccco2)N2CCNCC2)c1F. The monoisotopic (exact) mass is 350 g/mol. The van der Waals surface area contributed by atoms with Crippen molar-refractivity contribution >= 4 is 12.4 Å². The second-order valence-corrected chi connectivity index (χ2v) is 5.09. The second-order valence-electron chi connectivity index (χ2n) is 5.09. The first kappa shape index (κ1) is 17.8. The van der Waals surface area contributed by atoms with Gasteiger partial charge < -0.3 is 9.73 Å². The van der Waals surface area contributed by atoms with Crippen LogP contribution in [0.5, 0.6) is 0 Å². The van der Waals surface area contributed by atoms with Gasteiger partial charge in [-0.2, -0.15) is 0 Å². The lowest BCUT2D eigenvalue weighted by molar-refractivity contribution is 0.171. The van der Waals surface area contributed by atoms with E-state index < -0.39 is 34.9 Å². The van der Waals surface area contributed by atoms with Crippen molar-refractivity contribution < 1.29 is 22.0 Å². The molecule has 1 saturated heterocycles. The summed E-state index contributed by atoms with van der Waals surface area (Å²) in [5, 5.41) is 3.11. The molecule has 2 heterocycles. The molecular weight excluding hydrogens is 336 g/mol. The van der Waals surface area contributed by atoms with Gasteiger partial charge in [0.25, 0.3) is 0 Å². The molecule has 0 spiro atoms. The molecule has 0 bridgehead atoms. The van der Waals surface area contributed by atoms with Gasteiger partial charge in [0.2, 0.25) is 0 Å². The highest BCUT2D eigenvalue weighted by Crippen LogP contribution is 2.34. The van der Waals surface area contributed by atoms with Crippen LogP contribution in [0.1, 0.15) is 17.4 Å². The molecule has 3 rings (SSSR count). The van der Waals surface area contributed by atoms with Crippen LogP contribution in [-0.4, -0.2) is 31.1 Å². The van der Waals surface area contributed by atoms with Crippen LogP contribution in [0.15, 0.2) is 28.9 Å². The number of hydrogen-bond acceptors (Lipinski definition) is 3. The topological polar surface area (TPSA) is 28.4 Å². The molecule has 0 amide bonds. The van der Waals surface area contributed by atoms with Gasteiger partial charge in [0.05, 0.1) is 17.9 Å². The molecule has 1 aromatic heterocycles.